The van der Waals surface area contributed by atoms with Crippen molar-refractivity contribution >= 4 is 11.8 Å². The molecule has 0 spiro atoms. The minimum atomic E-state index is -0.200. The van der Waals surface area contributed by atoms with Crippen LogP contribution in [-0.4, -0.2) is 35.3 Å². The van der Waals surface area contributed by atoms with Crippen LogP contribution in [0.2, 0.25) is 0 Å². The average molecular weight is 226 g/mol. The number of likely N-dealkylation sites (tertiary alicyclic amines) is 1. The first-order valence-electron chi connectivity index (χ1n) is 5.87. The lowest BCUT2D eigenvalue weighted by molar-refractivity contribution is -0.121. The molecule has 92 valence electrons. The SMILES string of the molecule is CC(=O)C1CCN(C(=O)NC(C)(C)C)CC1. The van der Waals surface area contributed by atoms with Crippen molar-refractivity contribution < 1.29 is 9.59 Å². The molecular formula is C12H22N2O2. The minimum absolute atomic E-state index is 0.0190. The maximum absolute atomic E-state index is 11.8. The van der Waals surface area contributed by atoms with E-state index in [1.807, 2.05) is 20.8 Å². The number of urea groups is 1. The van der Waals surface area contributed by atoms with E-state index >= 15 is 0 Å². The summed E-state index contributed by atoms with van der Waals surface area (Å²) in [4.78, 5) is 24.8. The van der Waals surface area contributed by atoms with Gasteiger partial charge in [0.2, 0.25) is 0 Å². The fourth-order valence-electron chi connectivity index (χ4n) is 1.89. The normalized spacial score (nSPS) is 18.4. The largest absolute Gasteiger partial charge is 0.333 e. The predicted molar refractivity (Wildman–Crippen MR) is 63.3 cm³/mol. The summed E-state index contributed by atoms with van der Waals surface area (Å²) in [6, 6.07) is -0.0190. The van der Waals surface area contributed by atoms with Gasteiger partial charge in [-0.15, -0.1) is 0 Å². The van der Waals surface area contributed by atoms with E-state index < -0.39 is 0 Å². The first-order valence-corrected chi connectivity index (χ1v) is 5.87. The van der Waals surface area contributed by atoms with Gasteiger partial charge in [-0.2, -0.15) is 0 Å². The van der Waals surface area contributed by atoms with Gasteiger partial charge in [0.05, 0.1) is 0 Å². The smallest absolute Gasteiger partial charge is 0.317 e. The van der Waals surface area contributed by atoms with Gasteiger partial charge >= 0.3 is 6.03 Å². The molecule has 4 heteroatoms. The van der Waals surface area contributed by atoms with Crippen molar-refractivity contribution in [3.63, 3.8) is 0 Å². The van der Waals surface area contributed by atoms with Crippen molar-refractivity contribution in [1.29, 1.82) is 0 Å². The second kappa shape index (κ2) is 4.85. The molecule has 16 heavy (non-hydrogen) atoms. The van der Waals surface area contributed by atoms with Crippen LogP contribution >= 0.6 is 0 Å². The van der Waals surface area contributed by atoms with Gasteiger partial charge in [0.1, 0.15) is 5.78 Å². The number of hydrogen-bond acceptors (Lipinski definition) is 2. The van der Waals surface area contributed by atoms with Gasteiger partial charge in [0.25, 0.3) is 0 Å². The molecule has 0 bridgehead atoms. The van der Waals surface area contributed by atoms with E-state index in [4.69, 9.17) is 0 Å². The Morgan fingerprint density at radius 3 is 2.06 bits per heavy atom. The molecule has 1 aliphatic heterocycles. The highest BCUT2D eigenvalue weighted by atomic mass is 16.2. The highest BCUT2D eigenvalue weighted by Gasteiger charge is 2.26. The van der Waals surface area contributed by atoms with Crippen LogP contribution in [0.5, 0.6) is 0 Å². The molecule has 0 aromatic heterocycles. The van der Waals surface area contributed by atoms with E-state index in [1.165, 1.54) is 0 Å². The zero-order valence-electron chi connectivity index (χ0n) is 10.7. The molecule has 0 aromatic carbocycles. The number of rotatable bonds is 1. The Hall–Kier alpha value is -1.06. The van der Waals surface area contributed by atoms with Gasteiger partial charge < -0.3 is 10.2 Å². The summed E-state index contributed by atoms with van der Waals surface area (Å²) in [5.74, 6) is 0.398. The maximum Gasteiger partial charge on any atom is 0.317 e. The molecule has 0 radical (unpaired) electrons. The average Bonchev–Trinajstić information content (AvgIpc) is 2.15. The Bertz CT molecular complexity index is 273. The van der Waals surface area contributed by atoms with Crippen LogP contribution in [0.1, 0.15) is 40.5 Å². The minimum Gasteiger partial charge on any atom is -0.333 e. The van der Waals surface area contributed by atoms with Gasteiger partial charge in [-0.25, -0.2) is 4.79 Å². The fourth-order valence-corrected chi connectivity index (χ4v) is 1.89. The van der Waals surface area contributed by atoms with Crippen molar-refractivity contribution in [3.8, 4) is 0 Å². The number of Topliss-reactive ketones (excluding diaryl/α,β-unsaturated/α-hetero) is 1. The fraction of sp³-hybridized carbons (Fsp3) is 0.833. The lowest BCUT2D eigenvalue weighted by Crippen LogP contribution is -2.51. The van der Waals surface area contributed by atoms with E-state index in [0.29, 0.717) is 13.1 Å². The van der Waals surface area contributed by atoms with E-state index in [9.17, 15) is 9.59 Å². The third-order valence-corrected chi connectivity index (χ3v) is 2.84. The van der Waals surface area contributed by atoms with E-state index in [2.05, 4.69) is 5.32 Å². The van der Waals surface area contributed by atoms with Gasteiger partial charge in [-0.3, -0.25) is 4.79 Å². The second-order valence-electron chi connectivity index (χ2n) is 5.55. The molecule has 0 aromatic rings. The quantitative estimate of drug-likeness (QED) is 0.741. The van der Waals surface area contributed by atoms with Crippen LogP contribution in [0.25, 0.3) is 0 Å². The molecule has 1 aliphatic rings. The molecule has 1 heterocycles. The van der Waals surface area contributed by atoms with Crippen molar-refractivity contribution in [2.24, 2.45) is 5.92 Å². The van der Waals surface area contributed by atoms with E-state index in [1.54, 1.807) is 11.8 Å². The Kier molecular flexibility index (Phi) is 3.94. The van der Waals surface area contributed by atoms with Gasteiger partial charge in [0, 0.05) is 24.5 Å². The zero-order chi connectivity index (χ0) is 12.3. The number of nitrogens with zero attached hydrogens (tertiary/aromatic N) is 1. The van der Waals surface area contributed by atoms with E-state index in [-0.39, 0.29) is 23.3 Å². The molecule has 0 aliphatic carbocycles. The summed E-state index contributed by atoms with van der Waals surface area (Å²) in [6.07, 6.45) is 1.60. The van der Waals surface area contributed by atoms with Crippen LogP contribution in [-0.2, 0) is 4.79 Å². The summed E-state index contributed by atoms with van der Waals surface area (Å²) >= 11 is 0. The van der Waals surface area contributed by atoms with E-state index in [0.717, 1.165) is 12.8 Å². The van der Waals surface area contributed by atoms with Crippen molar-refractivity contribution in [2.45, 2.75) is 46.1 Å². The van der Waals surface area contributed by atoms with Crippen molar-refractivity contribution in [2.75, 3.05) is 13.1 Å². The molecule has 1 fully saturated rings. The summed E-state index contributed by atoms with van der Waals surface area (Å²) in [5.41, 5.74) is -0.200. The lowest BCUT2D eigenvalue weighted by atomic mass is 9.93. The summed E-state index contributed by atoms with van der Waals surface area (Å²) in [7, 11) is 0. The maximum atomic E-state index is 11.8. The van der Waals surface area contributed by atoms with Crippen LogP contribution in [0.15, 0.2) is 0 Å². The number of amides is 2. The lowest BCUT2D eigenvalue weighted by Gasteiger charge is -2.33. The van der Waals surface area contributed by atoms with Crippen molar-refractivity contribution in [1.82, 2.24) is 10.2 Å². The molecule has 4 nitrogen and oxygen atoms in total. The second-order valence-corrected chi connectivity index (χ2v) is 5.55. The molecular weight excluding hydrogens is 204 g/mol. The van der Waals surface area contributed by atoms with Crippen LogP contribution < -0.4 is 5.32 Å². The molecule has 1 rings (SSSR count). The Labute approximate surface area is 97.4 Å². The Balaban J connectivity index is 2.42. The Morgan fingerprint density at radius 2 is 1.69 bits per heavy atom. The standard InChI is InChI=1S/C12H22N2O2/c1-9(15)10-5-7-14(8-6-10)11(16)13-12(2,3)4/h10H,5-8H2,1-4H3,(H,13,16). The van der Waals surface area contributed by atoms with Gasteiger partial charge in [-0.05, 0) is 40.5 Å². The predicted octanol–water partition coefficient (Wildman–Crippen LogP) is 1.80. The topological polar surface area (TPSA) is 49.4 Å². The number of carbonyl (C=O) groups excluding carboxylic acids is 2. The third kappa shape index (κ3) is 3.83. The first-order chi connectivity index (χ1) is 7.29. The van der Waals surface area contributed by atoms with Crippen LogP contribution in [0, 0.1) is 5.92 Å². The molecule has 0 unspecified atom stereocenters. The Morgan fingerprint density at radius 1 is 1.19 bits per heavy atom. The van der Waals surface area contributed by atoms with Crippen LogP contribution in [0.3, 0.4) is 0 Å². The third-order valence-electron chi connectivity index (χ3n) is 2.84. The molecule has 1 saturated heterocycles. The number of piperidine rings is 1. The zero-order valence-corrected chi connectivity index (χ0v) is 10.7. The molecule has 1 N–H and O–H groups in total. The summed E-state index contributed by atoms with van der Waals surface area (Å²) in [6.45, 7) is 8.90. The summed E-state index contributed by atoms with van der Waals surface area (Å²) < 4.78 is 0. The number of hydrogen-bond donors (Lipinski definition) is 1. The molecule has 0 atom stereocenters. The molecule has 2 amide bonds. The highest BCUT2D eigenvalue weighted by Crippen LogP contribution is 2.18. The number of nitrogens with one attached hydrogen (secondary N) is 1. The number of ketones is 1. The summed E-state index contributed by atoms with van der Waals surface area (Å²) in [5, 5.41) is 2.93. The highest BCUT2D eigenvalue weighted by molar-refractivity contribution is 5.79. The first kappa shape index (κ1) is 13.0. The molecule has 0 saturated carbocycles. The number of carbonyl (C=O) groups is 2. The van der Waals surface area contributed by atoms with Gasteiger partial charge in [0.15, 0.2) is 0 Å². The van der Waals surface area contributed by atoms with Crippen LogP contribution in [0.4, 0.5) is 4.79 Å². The monoisotopic (exact) mass is 226 g/mol. The van der Waals surface area contributed by atoms with Gasteiger partial charge in [-0.1, -0.05) is 0 Å². The van der Waals surface area contributed by atoms with Crippen molar-refractivity contribution in [3.05, 3.63) is 0 Å².